The van der Waals surface area contributed by atoms with E-state index in [1.165, 1.54) is 10.9 Å². The van der Waals surface area contributed by atoms with Gasteiger partial charge in [0.25, 0.3) is 5.91 Å². The second-order valence-corrected chi connectivity index (χ2v) is 5.79. The van der Waals surface area contributed by atoms with Crippen molar-refractivity contribution < 1.29 is 14.7 Å². The summed E-state index contributed by atoms with van der Waals surface area (Å²) in [7, 11) is 0. The molecule has 1 aliphatic rings. The summed E-state index contributed by atoms with van der Waals surface area (Å²) in [5, 5.41) is 12.7. The Hall–Kier alpha value is -1.85. The average molecular weight is 279 g/mol. The summed E-state index contributed by atoms with van der Waals surface area (Å²) in [6.45, 7) is 6.17. The first kappa shape index (κ1) is 14.6. The second kappa shape index (κ2) is 6.07. The van der Waals surface area contributed by atoms with Crippen molar-refractivity contribution in [1.82, 2.24) is 14.7 Å². The molecule has 1 aliphatic heterocycles. The summed E-state index contributed by atoms with van der Waals surface area (Å²) >= 11 is 0. The van der Waals surface area contributed by atoms with Gasteiger partial charge in [-0.2, -0.15) is 5.10 Å². The van der Waals surface area contributed by atoms with Crippen LogP contribution in [-0.2, 0) is 11.3 Å². The van der Waals surface area contributed by atoms with E-state index >= 15 is 0 Å². The largest absolute Gasteiger partial charge is 0.481 e. The van der Waals surface area contributed by atoms with Crippen LogP contribution in [0.2, 0.25) is 0 Å². The fraction of sp³-hybridized carbons (Fsp3) is 0.643. The number of aryl methyl sites for hydroxylation is 1. The summed E-state index contributed by atoms with van der Waals surface area (Å²) in [6.07, 6.45) is 4.32. The molecule has 1 saturated heterocycles. The highest BCUT2D eigenvalue weighted by molar-refractivity contribution is 5.93. The third kappa shape index (κ3) is 3.59. The topological polar surface area (TPSA) is 75.4 Å². The van der Waals surface area contributed by atoms with Crippen molar-refractivity contribution in [2.45, 2.75) is 33.2 Å². The van der Waals surface area contributed by atoms with Crippen molar-refractivity contribution in [2.75, 3.05) is 13.1 Å². The molecular weight excluding hydrogens is 258 g/mol. The van der Waals surface area contributed by atoms with Gasteiger partial charge >= 0.3 is 5.97 Å². The highest BCUT2D eigenvalue weighted by atomic mass is 16.4. The van der Waals surface area contributed by atoms with E-state index in [0.29, 0.717) is 17.4 Å². The number of piperidine rings is 1. The molecule has 6 nitrogen and oxygen atoms in total. The number of rotatable bonds is 4. The molecule has 1 aromatic heterocycles. The monoisotopic (exact) mass is 279 g/mol. The summed E-state index contributed by atoms with van der Waals surface area (Å²) in [5.41, 5.74) is 0.539. The normalized spacial score (nSPS) is 22.8. The molecule has 110 valence electrons. The van der Waals surface area contributed by atoms with E-state index in [1.807, 2.05) is 4.90 Å². The van der Waals surface area contributed by atoms with Crippen molar-refractivity contribution in [3.63, 3.8) is 0 Å². The standard InChI is InChI=1S/C14H21N3O3/c1-10-5-11(2)8-16(7-10)14(20)12-6-15-17(9-12)4-3-13(18)19/h6,9-11H,3-5,7-8H2,1-2H3,(H,18,19). The molecule has 1 fully saturated rings. The van der Waals surface area contributed by atoms with Crippen molar-refractivity contribution in [3.8, 4) is 0 Å². The van der Waals surface area contributed by atoms with Crippen molar-refractivity contribution in [1.29, 1.82) is 0 Å². The van der Waals surface area contributed by atoms with E-state index in [0.717, 1.165) is 19.5 Å². The van der Waals surface area contributed by atoms with Crippen molar-refractivity contribution in [3.05, 3.63) is 18.0 Å². The van der Waals surface area contributed by atoms with Crippen LogP contribution in [0.5, 0.6) is 0 Å². The molecule has 0 radical (unpaired) electrons. The number of likely N-dealkylation sites (tertiary alicyclic amines) is 1. The van der Waals surface area contributed by atoms with E-state index in [-0.39, 0.29) is 18.9 Å². The number of amides is 1. The lowest BCUT2D eigenvalue weighted by atomic mass is 9.91. The van der Waals surface area contributed by atoms with Gasteiger partial charge in [0.2, 0.25) is 0 Å². The van der Waals surface area contributed by atoms with Crippen LogP contribution in [0.15, 0.2) is 12.4 Å². The third-order valence-electron chi connectivity index (χ3n) is 3.59. The molecule has 2 rings (SSSR count). The first-order chi connectivity index (χ1) is 9.45. The Kier molecular flexibility index (Phi) is 4.42. The smallest absolute Gasteiger partial charge is 0.305 e. The Bertz CT molecular complexity index is 488. The molecule has 0 bridgehead atoms. The van der Waals surface area contributed by atoms with Gasteiger partial charge in [0.15, 0.2) is 0 Å². The molecule has 1 N–H and O–H groups in total. The SMILES string of the molecule is CC1CC(C)CN(C(=O)c2cnn(CCC(=O)O)c2)C1. The van der Waals surface area contributed by atoms with Crippen LogP contribution >= 0.6 is 0 Å². The number of hydrogen-bond acceptors (Lipinski definition) is 3. The van der Waals surface area contributed by atoms with E-state index in [4.69, 9.17) is 5.11 Å². The van der Waals surface area contributed by atoms with E-state index in [9.17, 15) is 9.59 Å². The maximum Gasteiger partial charge on any atom is 0.305 e. The Morgan fingerprint density at radius 3 is 2.60 bits per heavy atom. The van der Waals surface area contributed by atoms with Crippen LogP contribution < -0.4 is 0 Å². The minimum Gasteiger partial charge on any atom is -0.481 e. The molecular formula is C14H21N3O3. The maximum atomic E-state index is 12.4. The number of carboxylic acid groups (broad SMARTS) is 1. The third-order valence-corrected chi connectivity index (χ3v) is 3.59. The predicted molar refractivity (Wildman–Crippen MR) is 73.3 cm³/mol. The molecule has 1 amide bonds. The molecule has 6 heteroatoms. The van der Waals surface area contributed by atoms with Gasteiger partial charge in [0.1, 0.15) is 0 Å². The second-order valence-electron chi connectivity index (χ2n) is 5.79. The molecule has 2 heterocycles. The molecule has 0 spiro atoms. The van der Waals surface area contributed by atoms with Crippen LogP contribution in [0.1, 0.15) is 37.0 Å². The summed E-state index contributed by atoms with van der Waals surface area (Å²) in [5.74, 6) is 0.159. The van der Waals surface area contributed by atoms with E-state index < -0.39 is 5.97 Å². The van der Waals surface area contributed by atoms with Gasteiger partial charge in [-0.3, -0.25) is 14.3 Å². The lowest BCUT2D eigenvalue weighted by Crippen LogP contribution is -2.42. The van der Waals surface area contributed by atoms with Crippen LogP contribution in [0.3, 0.4) is 0 Å². The van der Waals surface area contributed by atoms with Crippen LogP contribution in [0, 0.1) is 11.8 Å². The van der Waals surface area contributed by atoms with Gasteiger partial charge in [0.05, 0.1) is 24.7 Å². The Morgan fingerprint density at radius 1 is 1.35 bits per heavy atom. The maximum absolute atomic E-state index is 12.4. The number of aliphatic carboxylic acids is 1. The van der Waals surface area contributed by atoms with Gasteiger partial charge < -0.3 is 10.0 Å². The zero-order valence-corrected chi connectivity index (χ0v) is 12.0. The van der Waals surface area contributed by atoms with Gasteiger partial charge in [-0.1, -0.05) is 13.8 Å². The lowest BCUT2D eigenvalue weighted by Gasteiger charge is -2.34. The Morgan fingerprint density at radius 2 is 2.00 bits per heavy atom. The number of carboxylic acids is 1. The van der Waals surface area contributed by atoms with E-state index in [2.05, 4.69) is 18.9 Å². The van der Waals surface area contributed by atoms with Gasteiger partial charge in [-0.25, -0.2) is 0 Å². The molecule has 1 aromatic rings. The molecule has 2 unspecified atom stereocenters. The first-order valence-electron chi connectivity index (χ1n) is 6.99. The summed E-state index contributed by atoms with van der Waals surface area (Å²) in [4.78, 5) is 24.8. The quantitative estimate of drug-likeness (QED) is 0.905. The molecule has 2 atom stereocenters. The zero-order chi connectivity index (χ0) is 14.7. The van der Waals surface area contributed by atoms with Gasteiger partial charge in [-0.05, 0) is 18.3 Å². The fourth-order valence-electron chi connectivity index (χ4n) is 2.82. The highest BCUT2D eigenvalue weighted by Gasteiger charge is 2.26. The zero-order valence-electron chi connectivity index (χ0n) is 12.0. The number of hydrogen-bond donors (Lipinski definition) is 1. The number of nitrogens with zero attached hydrogens (tertiary/aromatic N) is 3. The van der Waals surface area contributed by atoms with E-state index in [1.54, 1.807) is 6.20 Å². The molecule has 20 heavy (non-hydrogen) atoms. The predicted octanol–water partition coefficient (Wildman–Crippen LogP) is 1.48. The van der Waals surface area contributed by atoms with Crippen LogP contribution in [-0.4, -0.2) is 44.8 Å². The highest BCUT2D eigenvalue weighted by Crippen LogP contribution is 2.22. The van der Waals surface area contributed by atoms with Crippen molar-refractivity contribution >= 4 is 11.9 Å². The van der Waals surface area contributed by atoms with Crippen LogP contribution in [0.25, 0.3) is 0 Å². The lowest BCUT2D eigenvalue weighted by molar-refractivity contribution is -0.137. The molecule has 0 aliphatic carbocycles. The van der Waals surface area contributed by atoms with Crippen LogP contribution in [0.4, 0.5) is 0 Å². The Balaban J connectivity index is 2.00. The number of carbonyl (C=O) groups excluding carboxylic acids is 1. The average Bonchev–Trinajstić information content (AvgIpc) is 2.83. The number of carbonyl (C=O) groups is 2. The van der Waals surface area contributed by atoms with Gasteiger partial charge in [0, 0.05) is 19.3 Å². The first-order valence-corrected chi connectivity index (χ1v) is 6.99. The molecule has 0 saturated carbocycles. The van der Waals surface area contributed by atoms with Gasteiger partial charge in [-0.15, -0.1) is 0 Å². The fourth-order valence-corrected chi connectivity index (χ4v) is 2.82. The summed E-state index contributed by atoms with van der Waals surface area (Å²) in [6, 6.07) is 0. The number of aromatic nitrogens is 2. The Labute approximate surface area is 118 Å². The summed E-state index contributed by atoms with van der Waals surface area (Å²) < 4.78 is 1.51. The molecule has 0 aromatic carbocycles. The van der Waals surface area contributed by atoms with Crippen molar-refractivity contribution in [2.24, 2.45) is 11.8 Å². The minimum atomic E-state index is -0.868. The minimum absolute atomic E-state index is 0.00704.